The minimum absolute atomic E-state index is 0.0883. The van der Waals surface area contributed by atoms with Gasteiger partial charge in [-0.3, -0.25) is 9.59 Å². The van der Waals surface area contributed by atoms with Gasteiger partial charge in [-0.2, -0.15) is 0 Å². The molecule has 6 heterocycles. The van der Waals surface area contributed by atoms with Gasteiger partial charge < -0.3 is 58.8 Å². The number of rotatable bonds is 14. The normalized spacial score (nSPS) is 20.7. The molecule has 64 heavy (non-hydrogen) atoms. The van der Waals surface area contributed by atoms with Crippen molar-refractivity contribution in [2.24, 2.45) is 23.7 Å². The summed E-state index contributed by atoms with van der Waals surface area (Å²) in [6, 6.07) is 5.95. The maximum absolute atomic E-state index is 14.0. The van der Waals surface area contributed by atoms with Crippen LogP contribution in [0, 0.1) is 23.7 Å². The lowest BCUT2D eigenvalue weighted by Crippen LogP contribution is -2.51. The summed E-state index contributed by atoms with van der Waals surface area (Å²) in [6.45, 7) is 10.1. The quantitative estimate of drug-likeness (QED) is 0.119. The van der Waals surface area contributed by atoms with Crippen LogP contribution < -0.4 is 20.1 Å². The Balaban J connectivity index is 1.04. The van der Waals surface area contributed by atoms with Crippen molar-refractivity contribution in [2.75, 3.05) is 54.7 Å². The number of aromatic amines is 2. The molecule has 6 atom stereocenters. The molecule has 18 heteroatoms. The van der Waals surface area contributed by atoms with Crippen molar-refractivity contribution in [3.63, 3.8) is 0 Å². The van der Waals surface area contributed by atoms with Gasteiger partial charge >= 0.3 is 12.2 Å². The minimum atomic E-state index is -0.770. The first-order valence-corrected chi connectivity index (χ1v) is 21.8. The molecule has 4 aliphatic heterocycles. The topological polar surface area (TPSA) is 212 Å². The van der Waals surface area contributed by atoms with Crippen molar-refractivity contribution < 1.29 is 47.6 Å². The number of imidazole rings is 2. The molecule has 4 aromatic rings. The second-order valence-corrected chi connectivity index (χ2v) is 17.8. The van der Waals surface area contributed by atoms with Gasteiger partial charge in [-0.15, -0.1) is 0 Å². The number of likely N-dealkylation sites (tertiary alicyclic amines) is 2. The van der Waals surface area contributed by atoms with Crippen LogP contribution in [0.1, 0.15) is 75.4 Å². The molecular formula is C46H58N8O10. The molecule has 18 nitrogen and oxygen atoms in total. The molecule has 0 saturated carbocycles. The Bertz CT molecular complexity index is 2180. The molecular weight excluding hydrogens is 825 g/mol. The molecule has 1 unspecified atom stereocenters. The number of hydrogen-bond acceptors (Lipinski definition) is 12. The lowest BCUT2D eigenvalue weighted by atomic mass is 9.87. The highest BCUT2D eigenvalue weighted by atomic mass is 16.5. The van der Waals surface area contributed by atoms with E-state index in [0.717, 1.165) is 56.3 Å². The number of carbonyl (C=O) groups is 4. The van der Waals surface area contributed by atoms with E-state index in [9.17, 15) is 19.2 Å². The van der Waals surface area contributed by atoms with Crippen molar-refractivity contribution in [3.05, 3.63) is 59.4 Å². The summed E-state index contributed by atoms with van der Waals surface area (Å²) in [5.74, 6) is 2.19. The Morgan fingerprint density at radius 3 is 1.44 bits per heavy atom. The monoisotopic (exact) mass is 882 g/mol. The summed E-state index contributed by atoms with van der Waals surface area (Å²) in [4.78, 5) is 72.5. The van der Waals surface area contributed by atoms with Crippen LogP contribution >= 0.6 is 0 Å². The Hall–Kier alpha value is -6.14. The summed E-state index contributed by atoms with van der Waals surface area (Å²) < 4.78 is 33.6. The number of methoxy groups -OCH3 is 4. The zero-order valence-corrected chi connectivity index (χ0v) is 37.6. The third-order valence-electron chi connectivity index (χ3n) is 12.8. The predicted octanol–water partition coefficient (Wildman–Crippen LogP) is 5.75. The molecule has 4 N–H and O–H groups in total. The molecule has 2 aromatic heterocycles. The van der Waals surface area contributed by atoms with Crippen LogP contribution in [0.5, 0.6) is 11.5 Å². The van der Waals surface area contributed by atoms with Crippen LogP contribution in [0.15, 0.2) is 36.7 Å². The van der Waals surface area contributed by atoms with E-state index in [0.29, 0.717) is 64.0 Å². The maximum Gasteiger partial charge on any atom is 0.407 e. The van der Waals surface area contributed by atoms with Crippen molar-refractivity contribution in [1.29, 1.82) is 0 Å². The summed E-state index contributed by atoms with van der Waals surface area (Å²) >= 11 is 0. The minimum Gasteiger partial charge on any atom is -0.488 e. The molecule has 4 amide bonds. The van der Waals surface area contributed by atoms with Crippen molar-refractivity contribution in [2.45, 2.75) is 77.9 Å². The molecule has 2 saturated heterocycles. The first kappa shape index (κ1) is 44.5. The third kappa shape index (κ3) is 8.59. The number of H-pyrrole nitrogens is 2. The maximum atomic E-state index is 14.0. The molecule has 0 spiro atoms. The lowest BCUT2D eigenvalue weighted by Gasteiger charge is -2.30. The third-order valence-corrected chi connectivity index (χ3v) is 12.8. The number of hydrogen-bond donors (Lipinski definition) is 4. The van der Waals surface area contributed by atoms with E-state index in [4.69, 9.17) is 38.4 Å². The van der Waals surface area contributed by atoms with Gasteiger partial charge in [-0.1, -0.05) is 27.7 Å². The second kappa shape index (κ2) is 18.5. The standard InChI is InChI=1S/C46H58N8O10/c1-23(2)39(51-45(57)61-7)43(55)53-17-25(19-59-5)9-33(53)41-47-15-31(49-41)27-11-29-21-64-36-14-28(12-30-22-63-35(13-27)37(29)38(30)36)32-16-48-42(50-32)34-10-26(20-60-6)18-54(34)44(56)40(24(3)4)52-46(58)62-8/h11-16,23-26,33-34,39-40H,9-10,17-22H2,1-8H3,(H,47,49)(H,48,50)(H,51,57)(H,52,58)/t25-,26-,33-,34-,39-,40?/m0/s1. The Labute approximate surface area is 372 Å². The second-order valence-electron chi connectivity index (χ2n) is 17.8. The van der Waals surface area contributed by atoms with Gasteiger partial charge in [0.2, 0.25) is 11.8 Å². The fraction of sp³-hybridized carbons (Fsp3) is 0.522. The van der Waals surface area contributed by atoms with Crippen LogP contribution in [0.2, 0.25) is 0 Å². The molecule has 4 aliphatic rings. The number of amides is 4. The zero-order valence-electron chi connectivity index (χ0n) is 37.6. The average Bonchev–Trinajstić information content (AvgIpc) is 4.12. The van der Waals surface area contributed by atoms with Crippen LogP contribution in [-0.4, -0.2) is 121 Å². The zero-order chi connectivity index (χ0) is 45.4. The lowest BCUT2D eigenvalue weighted by molar-refractivity contribution is -0.136. The van der Waals surface area contributed by atoms with Gasteiger partial charge in [-0.25, -0.2) is 19.6 Å². The first-order valence-electron chi connectivity index (χ1n) is 21.8. The number of ether oxygens (including phenoxy) is 6. The highest BCUT2D eigenvalue weighted by Gasteiger charge is 2.43. The van der Waals surface area contributed by atoms with Crippen molar-refractivity contribution in [3.8, 4) is 45.1 Å². The average molecular weight is 883 g/mol. The fourth-order valence-corrected chi connectivity index (χ4v) is 9.62. The molecule has 8 rings (SSSR count). The fourth-order valence-electron chi connectivity index (χ4n) is 9.62. The number of benzene rings is 2. The van der Waals surface area contributed by atoms with Crippen molar-refractivity contribution >= 4 is 24.0 Å². The number of nitrogens with one attached hydrogen (secondary N) is 4. The van der Waals surface area contributed by atoms with E-state index < -0.39 is 24.3 Å². The van der Waals surface area contributed by atoms with E-state index >= 15 is 0 Å². The number of carbonyl (C=O) groups excluding carboxylic acids is 4. The Kier molecular flexibility index (Phi) is 12.9. The van der Waals surface area contributed by atoms with Gasteiger partial charge in [0, 0.05) is 72.5 Å². The van der Waals surface area contributed by atoms with Gasteiger partial charge in [0.25, 0.3) is 0 Å². The van der Waals surface area contributed by atoms with Crippen molar-refractivity contribution in [1.82, 2.24) is 40.4 Å². The molecule has 342 valence electrons. The van der Waals surface area contributed by atoms with Crippen LogP contribution in [-0.2, 0) is 41.8 Å². The Morgan fingerprint density at radius 1 is 0.672 bits per heavy atom. The highest BCUT2D eigenvalue weighted by Crippen LogP contribution is 2.51. The van der Waals surface area contributed by atoms with Crippen LogP contribution in [0.4, 0.5) is 9.59 Å². The van der Waals surface area contributed by atoms with Crippen LogP contribution in [0.3, 0.4) is 0 Å². The molecule has 2 aromatic carbocycles. The smallest absolute Gasteiger partial charge is 0.407 e. The summed E-state index contributed by atoms with van der Waals surface area (Å²) in [6.07, 6.45) is 3.53. The highest BCUT2D eigenvalue weighted by molar-refractivity contribution is 5.89. The molecule has 0 aliphatic carbocycles. The summed E-state index contributed by atoms with van der Waals surface area (Å²) in [5, 5.41) is 5.43. The number of nitrogens with zero attached hydrogens (tertiary/aromatic N) is 4. The number of aromatic nitrogens is 4. The van der Waals surface area contributed by atoms with E-state index in [1.54, 1.807) is 36.4 Å². The van der Waals surface area contributed by atoms with E-state index in [1.165, 1.54) is 14.2 Å². The molecule has 2 fully saturated rings. The van der Waals surface area contributed by atoms with Crippen LogP contribution in [0.25, 0.3) is 33.6 Å². The van der Waals surface area contributed by atoms with E-state index in [1.807, 2.05) is 39.8 Å². The van der Waals surface area contributed by atoms with Gasteiger partial charge in [0.15, 0.2) is 0 Å². The molecule has 0 radical (unpaired) electrons. The van der Waals surface area contributed by atoms with Gasteiger partial charge in [0.05, 0.1) is 63.3 Å². The SMILES string of the molecule is COC[C@H]1C[C@@H](c2ncc(-c3cc4c5c(c3)OCc3cc(-c6cnc([C@@H]7C[C@H](COC)CN7C(=O)[C@@H](NC(=O)OC)C(C)C)[nH]6)cc(c3-5)OC4)[nH]2)N(C(=O)C(NC(=O)OC)C(C)C)C1. The number of alkyl carbamates (subject to hydrolysis) is 2. The van der Waals surface area contributed by atoms with E-state index in [-0.39, 0.29) is 47.6 Å². The molecule has 0 bridgehead atoms. The van der Waals surface area contributed by atoms with Gasteiger partial charge in [-0.05, 0) is 48.9 Å². The van der Waals surface area contributed by atoms with E-state index in [2.05, 4.69) is 32.7 Å². The summed E-state index contributed by atoms with van der Waals surface area (Å²) in [7, 11) is 5.86. The first-order chi connectivity index (χ1) is 30.8. The largest absolute Gasteiger partial charge is 0.488 e. The predicted molar refractivity (Wildman–Crippen MR) is 233 cm³/mol. The Morgan fingerprint density at radius 2 is 1.08 bits per heavy atom. The van der Waals surface area contributed by atoms with Gasteiger partial charge in [0.1, 0.15) is 48.4 Å². The summed E-state index contributed by atoms with van der Waals surface area (Å²) in [5.41, 5.74) is 7.19.